The Labute approximate surface area is 162 Å². The van der Waals surface area contributed by atoms with Crippen LogP contribution in [0.5, 0.6) is 0 Å². The zero-order valence-corrected chi connectivity index (χ0v) is 16.4. The van der Waals surface area contributed by atoms with Crippen LogP contribution in [0.2, 0.25) is 0 Å². The van der Waals surface area contributed by atoms with Gasteiger partial charge in [-0.1, -0.05) is 37.3 Å². The lowest BCUT2D eigenvalue weighted by atomic mass is 9.98. The Kier molecular flexibility index (Phi) is 6.22. The summed E-state index contributed by atoms with van der Waals surface area (Å²) in [6, 6.07) is 11.3. The molecule has 4 rings (SSSR count). The Morgan fingerprint density at radius 2 is 1.93 bits per heavy atom. The number of nitrogens with one attached hydrogen (secondary N) is 1. The number of aromatic nitrogens is 2. The third-order valence-electron chi connectivity index (χ3n) is 6.05. The molecule has 0 bridgehead atoms. The monoisotopic (exact) mass is 368 g/mol. The van der Waals surface area contributed by atoms with Crippen LogP contribution in [-0.2, 0) is 17.8 Å². The van der Waals surface area contributed by atoms with E-state index in [-0.39, 0.29) is 0 Å². The maximum Gasteiger partial charge on any atom is 0.0563 e. The van der Waals surface area contributed by atoms with Crippen molar-refractivity contribution in [3.8, 4) is 0 Å². The van der Waals surface area contributed by atoms with Crippen molar-refractivity contribution in [1.82, 2.24) is 20.0 Å². The van der Waals surface area contributed by atoms with Gasteiger partial charge >= 0.3 is 0 Å². The highest BCUT2D eigenvalue weighted by molar-refractivity contribution is 5.14. The minimum atomic E-state index is 0.508. The number of rotatable bonds is 7. The fourth-order valence-electron chi connectivity index (χ4n) is 4.40. The molecule has 1 aromatic heterocycles. The quantitative estimate of drug-likeness (QED) is 0.815. The topological polar surface area (TPSA) is 42.3 Å². The Bertz CT molecular complexity index is 695. The van der Waals surface area contributed by atoms with Gasteiger partial charge in [0.1, 0.15) is 0 Å². The third kappa shape index (κ3) is 4.98. The standard InChI is InChI=1S/C22H32N4O/c1-18-14-25(15-19-5-3-2-4-6-19)17-21(18)13-23-11-20-12-24-26(16-20)22-7-9-27-10-8-22/h2-6,12,16,18,21-23H,7-11,13-15,17H2,1H3. The van der Waals surface area contributed by atoms with Gasteiger partial charge in [0.25, 0.3) is 0 Å². The van der Waals surface area contributed by atoms with Crippen LogP contribution in [0.4, 0.5) is 0 Å². The van der Waals surface area contributed by atoms with E-state index < -0.39 is 0 Å². The van der Waals surface area contributed by atoms with Crippen molar-refractivity contribution in [1.29, 1.82) is 0 Å². The molecule has 0 spiro atoms. The molecule has 0 radical (unpaired) electrons. The Hall–Kier alpha value is -1.69. The zero-order valence-electron chi connectivity index (χ0n) is 16.4. The van der Waals surface area contributed by atoms with Crippen molar-refractivity contribution in [3.63, 3.8) is 0 Å². The van der Waals surface area contributed by atoms with Crippen molar-refractivity contribution < 1.29 is 4.74 Å². The molecule has 2 fully saturated rings. The number of likely N-dealkylation sites (tertiary alicyclic amines) is 1. The van der Waals surface area contributed by atoms with Gasteiger partial charge in [-0.2, -0.15) is 5.10 Å². The predicted octanol–water partition coefficient (Wildman–Crippen LogP) is 3.09. The summed E-state index contributed by atoms with van der Waals surface area (Å²) in [6.07, 6.45) is 6.38. The van der Waals surface area contributed by atoms with Crippen LogP contribution < -0.4 is 5.32 Å². The maximum atomic E-state index is 5.45. The summed E-state index contributed by atoms with van der Waals surface area (Å²) in [5.74, 6) is 1.46. The highest BCUT2D eigenvalue weighted by Crippen LogP contribution is 2.24. The first-order chi connectivity index (χ1) is 13.3. The third-order valence-corrected chi connectivity index (χ3v) is 6.05. The molecule has 1 aromatic carbocycles. The van der Waals surface area contributed by atoms with Crippen LogP contribution in [0.25, 0.3) is 0 Å². The molecule has 2 unspecified atom stereocenters. The minimum Gasteiger partial charge on any atom is -0.381 e. The Morgan fingerprint density at radius 3 is 2.74 bits per heavy atom. The molecule has 2 aromatic rings. The van der Waals surface area contributed by atoms with E-state index in [9.17, 15) is 0 Å². The summed E-state index contributed by atoms with van der Waals surface area (Å²) >= 11 is 0. The average molecular weight is 369 g/mol. The first-order valence-electron chi connectivity index (χ1n) is 10.4. The van der Waals surface area contributed by atoms with E-state index in [1.54, 1.807) is 0 Å². The summed E-state index contributed by atoms with van der Waals surface area (Å²) in [4.78, 5) is 2.59. The van der Waals surface area contributed by atoms with E-state index in [0.29, 0.717) is 6.04 Å². The van der Waals surface area contributed by atoms with E-state index in [0.717, 1.165) is 57.5 Å². The van der Waals surface area contributed by atoms with Gasteiger partial charge in [-0.3, -0.25) is 9.58 Å². The van der Waals surface area contributed by atoms with Crippen molar-refractivity contribution in [2.45, 2.75) is 38.9 Å². The smallest absolute Gasteiger partial charge is 0.0563 e. The lowest BCUT2D eigenvalue weighted by molar-refractivity contribution is 0.0662. The highest BCUT2D eigenvalue weighted by atomic mass is 16.5. The first kappa shape index (κ1) is 18.7. The van der Waals surface area contributed by atoms with Crippen LogP contribution in [0, 0.1) is 11.8 Å². The first-order valence-corrected chi connectivity index (χ1v) is 10.4. The Balaban J connectivity index is 1.21. The van der Waals surface area contributed by atoms with Crippen molar-refractivity contribution in [2.24, 2.45) is 11.8 Å². The molecule has 5 heteroatoms. The van der Waals surface area contributed by atoms with Crippen molar-refractivity contribution in [3.05, 3.63) is 53.9 Å². The van der Waals surface area contributed by atoms with Crippen LogP contribution >= 0.6 is 0 Å². The second-order valence-electron chi connectivity index (χ2n) is 8.22. The second-order valence-corrected chi connectivity index (χ2v) is 8.22. The van der Waals surface area contributed by atoms with E-state index in [1.165, 1.54) is 24.2 Å². The molecule has 27 heavy (non-hydrogen) atoms. The Morgan fingerprint density at radius 1 is 1.11 bits per heavy atom. The molecular weight excluding hydrogens is 336 g/mol. The lowest BCUT2D eigenvalue weighted by Gasteiger charge is -2.22. The van der Waals surface area contributed by atoms with Crippen LogP contribution in [0.1, 0.15) is 36.9 Å². The maximum absolute atomic E-state index is 5.45. The number of hydrogen-bond donors (Lipinski definition) is 1. The van der Waals surface area contributed by atoms with Gasteiger partial charge in [-0.25, -0.2) is 0 Å². The molecule has 2 atom stereocenters. The van der Waals surface area contributed by atoms with E-state index >= 15 is 0 Å². The fourth-order valence-corrected chi connectivity index (χ4v) is 4.40. The number of hydrogen-bond acceptors (Lipinski definition) is 4. The van der Waals surface area contributed by atoms with Gasteiger partial charge in [0.05, 0.1) is 12.2 Å². The molecule has 146 valence electrons. The highest BCUT2D eigenvalue weighted by Gasteiger charge is 2.29. The summed E-state index contributed by atoms with van der Waals surface area (Å²) in [5.41, 5.74) is 2.70. The molecule has 0 saturated carbocycles. The average Bonchev–Trinajstić information content (AvgIpc) is 3.30. The fraction of sp³-hybridized carbons (Fsp3) is 0.591. The van der Waals surface area contributed by atoms with Crippen molar-refractivity contribution in [2.75, 3.05) is 32.8 Å². The molecule has 3 heterocycles. The SMILES string of the molecule is CC1CN(Cc2ccccc2)CC1CNCc1cnn(C2CCOCC2)c1. The number of benzene rings is 1. The van der Waals surface area contributed by atoms with Crippen LogP contribution in [0.3, 0.4) is 0 Å². The van der Waals surface area contributed by atoms with Crippen molar-refractivity contribution >= 4 is 0 Å². The van der Waals surface area contributed by atoms with Crippen LogP contribution in [-0.4, -0.2) is 47.5 Å². The molecule has 5 nitrogen and oxygen atoms in total. The summed E-state index contributed by atoms with van der Waals surface area (Å²) < 4.78 is 7.59. The normalized spacial score (nSPS) is 24.5. The molecule has 2 aliphatic heterocycles. The van der Waals surface area contributed by atoms with Gasteiger partial charge in [0, 0.05) is 51.2 Å². The van der Waals surface area contributed by atoms with E-state index in [1.807, 2.05) is 6.20 Å². The van der Waals surface area contributed by atoms with Crippen LogP contribution in [0.15, 0.2) is 42.7 Å². The summed E-state index contributed by atoms with van der Waals surface area (Å²) in [7, 11) is 0. The molecule has 2 aliphatic rings. The largest absolute Gasteiger partial charge is 0.381 e. The van der Waals surface area contributed by atoms with Gasteiger partial charge in [-0.15, -0.1) is 0 Å². The van der Waals surface area contributed by atoms with E-state index in [2.05, 4.69) is 63.4 Å². The molecule has 0 aliphatic carbocycles. The molecule has 1 N–H and O–H groups in total. The summed E-state index contributed by atoms with van der Waals surface area (Å²) in [6.45, 7) is 9.54. The number of nitrogens with zero attached hydrogens (tertiary/aromatic N) is 3. The minimum absolute atomic E-state index is 0.508. The molecule has 2 saturated heterocycles. The zero-order chi connectivity index (χ0) is 18.5. The van der Waals surface area contributed by atoms with E-state index in [4.69, 9.17) is 4.74 Å². The predicted molar refractivity (Wildman–Crippen MR) is 107 cm³/mol. The number of ether oxygens (including phenoxy) is 1. The lowest BCUT2D eigenvalue weighted by Crippen LogP contribution is -2.27. The second kappa shape index (κ2) is 9.00. The van der Waals surface area contributed by atoms with Gasteiger partial charge < -0.3 is 10.1 Å². The molecular formula is C22H32N4O. The van der Waals surface area contributed by atoms with Gasteiger partial charge in [0.2, 0.25) is 0 Å². The summed E-state index contributed by atoms with van der Waals surface area (Å²) in [5, 5.41) is 8.25. The van der Waals surface area contributed by atoms with Gasteiger partial charge in [0.15, 0.2) is 0 Å². The molecule has 0 amide bonds. The van der Waals surface area contributed by atoms with Gasteiger partial charge in [-0.05, 0) is 36.8 Å².